The number of esters is 1. The number of methoxy groups -OCH3 is 2. The van der Waals surface area contributed by atoms with E-state index in [9.17, 15) is 4.79 Å². The Bertz CT molecular complexity index is 318. The summed E-state index contributed by atoms with van der Waals surface area (Å²) in [6.07, 6.45) is 0. The van der Waals surface area contributed by atoms with E-state index in [1.807, 2.05) is 0 Å². The smallest absolute Gasteiger partial charge is 0.341 e. The molecule has 0 aliphatic heterocycles. The Kier molecular flexibility index (Phi) is 2.90. The Hall–Kier alpha value is -1.51. The van der Waals surface area contributed by atoms with Crippen LogP contribution in [-0.2, 0) is 4.74 Å². The highest BCUT2D eigenvalue weighted by Crippen LogP contribution is 2.23. The summed E-state index contributed by atoms with van der Waals surface area (Å²) < 4.78 is 9.62. The maximum Gasteiger partial charge on any atom is 0.341 e. The van der Waals surface area contributed by atoms with Gasteiger partial charge in [-0.3, -0.25) is 0 Å². The van der Waals surface area contributed by atoms with Crippen LogP contribution in [0.2, 0.25) is 0 Å². The standard InChI is InChI=1S/C10H11O3/c1-7-5-4-6-8(9(7)12-2)10(11)13-3/h4-6H,1H2,2-3H3. The lowest BCUT2D eigenvalue weighted by Gasteiger charge is -2.08. The van der Waals surface area contributed by atoms with Gasteiger partial charge in [0.1, 0.15) is 11.3 Å². The van der Waals surface area contributed by atoms with Crippen molar-refractivity contribution in [1.29, 1.82) is 0 Å². The van der Waals surface area contributed by atoms with Crippen molar-refractivity contribution < 1.29 is 14.3 Å². The van der Waals surface area contributed by atoms with E-state index in [-0.39, 0.29) is 0 Å². The van der Waals surface area contributed by atoms with Crippen LogP contribution in [0.3, 0.4) is 0 Å². The molecule has 0 bridgehead atoms. The summed E-state index contributed by atoms with van der Waals surface area (Å²) >= 11 is 0. The van der Waals surface area contributed by atoms with Crippen molar-refractivity contribution in [2.24, 2.45) is 0 Å². The van der Waals surface area contributed by atoms with Gasteiger partial charge >= 0.3 is 5.97 Å². The Balaban J connectivity index is 3.20. The Labute approximate surface area is 77.3 Å². The lowest BCUT2D eigenvalue weighted by atomic mass is 10.1. The van der Waals surface area contributed by atoms with Crippen molar-refractivity contribution >= 4 is 5.97 Å². The normalized spacial score (nSPS) is 9.46. The lowest BCUT2D eigenvalue weighted by molar-refractivity contribution is 0.0597. The molecule has 0 fully saturated rings. The molecule has 0 atom stereocenters. The number of hydrogen-bond donors (Lipinski definition) is 0. The largest absolute Gasteiger partial charge is 0.496 e. The third-order valence-electron chi connectivity index (χ3n) is 1.71. The van der Waals surface area contributed by atoms with E-state index >= 15 is 0 Å². The van der Waals surface area contributed by atoms with E-state index in [1.165, 1.54) is 14.2 Å². The molecule has 0 aliphatic rings. The Morgan fingerprint density at radius 1 is 1.38 bits per heavy atom. The zero-order chi connectivity index (χ0) is 9.84. The molecular formula is C10H11O3. The number of rotatable bonds is 2. The average Bonchev–Trinajstić information content (AvgIpc) is 2.16. The van der Waals surface area contributed by atoms with Gasteiger partial charge < -0.3 is 9.47 Å². The minimum absolute atomic E-state index is 0.400. The second kappa shape index (κ2) is 3.94. The number of para-hydroxylation sites is 1. The third-order valence-corrected chi connectivity index (χ3v) is 1.71. The summed E-state index contributed by atoms with van der Waals surface area (Å²) in [7, 11) is 2.83. The molecule has 0 amide bonds. The van der Waals surface area contributed by atoms with E-state index < -0.39 is 5.97 Å². The number of benzene rings is 1. The molecule has 1 aromatic rings. The SMILES string of the molecule is [CH2]c1cccc(C(=O)OC)c1OC. The summed E-state index contributed by atoms with van der Waals surface area (Å²) in [5.41, 5.74) is 1.07. The van der Waals surface area contributed by atoms with E-state index in [0.29, 0.717) is 16.9 Å². The lowest BCUT2D eigenvalue weighted by Crippen LogP contribution is -2.04. The monoisotopic (exact) mass is 179 g/mol. The van der Waals surface area contributed by atoms with Crippen LogP contribution in [-0.4, -0.2) is 20.2 Å². The first-order valence-corrected chi connectivity index (χ1v) is 3.78. The summed E-state index contributed by atoms with van der Waals surface area (Å²) in [6.45, 7) is 3.74. The van der Waals surface area contributed by atoms with Crippen LogP contribution in [0.25, 0.3) is 0 Å². The summed E-state index contributed by atoms with van der Waals surface area (Å²) in [4.78, 5) is 11.2. The van der Waals surface area contributed by atoms with Crippen molar-refractivity contribution in [1.82, 2.24) is 0 Å². The molecule has 1 aromatic carbocycles. The van der Waals surface area contributed by atoms with Gasteiger partial charge in [-0.15, -0.1) is 0 Å². The molecule has 1 radical (unpaired) electrons. The third kappa shape index (κ3) is 1.80. The number of carbonyl (C=O) groups is 1. The fourth-order valence-corrected chi connectivity index (χ4v) is 1.10. The van der Waals surface area contributed by atoms with Crippen LogP contribution in [0.15, 0.2) is 18.2 Å². The summed E-state index contributed by atoms with van der Waals surface area (Å²) in [6, 6.07) is 5.14. The van der Waals surface area contributed by atoms with E-state index in [0.717, 1.165) is 0 Å². The van der Waals surface area contributed by atoms with Crippen molar-refractivity contribution in [2.75, 3.05) is 14.2 Å². The fourth-order valence-electron chi connectivity index (χ4n) is 1.10. The van der Waals surface area contributed by atoms with Crippen LogP contribution in [0.4, 0.5) is 0 Å². The first-order valence-electron chi connectivity index (χ1n) is 3.78. The molecular weight excluding hydrogens is 168 g/mol. The minimum Gasteiger partial charge on any atom is -0.496 e. The molecule has 0 saturated carbocycles. The molecule has 0 aliphatic carbocycles. The quantitative estimate of drug-likeness (QED) is 0.648. The van der Waals surface area contributed by atoms with Crippen molar-refractivity contribution in [3.05, 3.63) is 36.2 Å². The fraction of sp³-hybridized carbons (Fsp3) is 0.200. The first-order chi connectivity index (χ1) is 6.20. The summed E-state index contributed by atoms with van der Waals surface area (Å²) in [5.74, 6) is 0.0525. The molecule has 69 valence electrons. The zero-order valence-electron chi connectivity index (χ0n) is 7.66. The van der Waals surface area contributed by atoms with Crippen molar-refractivity contribution in [3.8, 4) is 5.75 Å². The van der Waals surface area contributed by atoms with E-state index in [2.05, 4.69) is 11.7 Å². The Morgan fingerprint density at radius 3 is 2.62 bits per heavy atom. The van der Waals surface area contributed by atoms with Gasteiger partial charge in [0.15, 0.2) is 0 Å². The average molecular weight is 179 g/mol. The van der Waals surface area contributed by atoms with Crippen LogP contribution in [0, 0.1) is 6.92 Å². The molecule has 0 saturated heterocycles. The number of ether oxygens (including phenoxy) is 2. The highest BCUT2D eigenvalue weighted by molar-refractivity contribution is 5.93. The zero-order valence-corrected chi connectivity index (χ0v) is 7.66. The molecule has 3 nitrogen and oxygen atoms in total. The van der Waals surface area contributed by atoms with Gasteiger partial charge in [-0.2, -0.15) is 0 Å². The molecule has 0 aromatic heterocycles. The van der Waals surface area contributed by atoms with Crippen molar-refractivity contribution in [2.45, 2.75) is 0 Å². The van der Waals surface area contributed by atoms with Gasteiger partial charge in [-0.05, 0) is 18.6 Å². The second-order valence-corrected chi connectivity index (χ2v) is 2.49. The van der Waals surface area contributed by atoms with Crippen LogP contribution >= 0.6 is 0 Å². The number of carbonyl (C=O) groups excluding carboxylic acids is 1. The highest BCUT2D eigenvalue weighted by atomic mass is 16.5. The van der Waals surface area contributed by atoms with Gasteiger partial charge in [-0.25, -0.2) is 4.79 Å². The molecule has 0 unspecified atom stereocenters. The van der Waals surface area contributed by atoms with Gasteiger partial charge in [0, 0.05) is 0 Å². The number of hydrogen-bond acceptors (Lipinski definition) is 3. The second-order valence-electron chi connectivity index (χ2n) is 2.49. The highest BCUT2D eigenvalue weighted by Gasteiger charge is 2.13. The van der Waals surface area contributed by atoms with E-state index in [4.69, 9.17) is 4.74 Å². The molecule has 3 heteroatoms. The predicted octanol–water partition coefficient (Wildman–Crippen LogP) is 1.66. The predicted molar refractivity (Wildman–Crippen MR) is 48.8 cm³/mol. The van der Waals surface area contributed by atoms with Gasteiger partial charge in [0.25, 0.3) is 0 Å². The Morgan fingerprint density at radius 2 is 2.08 bits per heavy atom. The molecule has 0 N–H and O–H groups in total. The summed E-state index contributed by atoms with van der Waals surface area (Å²) in [5, 5.41) is 0. The maximum absolute atomic E-state index is 11.2. The topological polar surface area (TPSA) is 35.5 Å². The first kappa shape index (κ1) is 9.58. The van der Waals surface area contributed by atoms with E-state index in [1.54, 1.807) is 18.2 Å². The van der Waals surface area contributed by atoms with Crippen LogP contribution < -0.4 is 4.74 Å². The molecule has 0 spiro atoms. The minimum atomic E-state index is -0.414. The van der Waals surface area contributed by atoms with Gasteiger partial charge in [-0.1, -0.05) is 12.1 Å². The van der Waals surface area contributed by atoms with Crippen LogP contribution in [0.5, 0.6) is 5.75 Å². The van der Waals surface area contributed by atoms with Gasteiger partial charge in [0.2, 0.25) is 0 Å². The van der Waals surface area contributed by atoms with Crippen molar-refractivity contribution in [3.63, 3.8) is 0 Å². The van der Waals surface area contributed by atoms with Crippen LogP contribution in [0.1, 0.15) is 15.9 Å². The molecule has 13 heavy (non-hydrogen) atoms. The van der Waals surface area contributed by atoms with Gasteiger partial charge in [0.05, 0.1) is 14.2 Å². The molecule has 1 rings (SSSR count). The maximum atomic E-state index is 11.2. The molecule has 0 heterocycles.